The summed E-state index contributed by atoms with van der Waals surface area (Å²) in [6.07, 6.45) is -0.502. The van der Waals surface area contributed by atoms with E-state index in [1.54, 1.807) is 20.8 Å². The number of nitrogens with one attached hydrogen (secondary N) is 3. The molecule has 1 aromatic rings. The van der Waals surface area contributed by atoms with Gasteiger partial charge in [0.05, 0.1) is 6.61 Å². The van der Waals surface area contributed by atoms with Crippen LogP contribution in [0.1, 0.15) is 57.5 Å². The Labute approximate surface area is 182 Å². The van der Waals surface area contributed by atoms with E-state index in [0.29, 0.717) is 18.7 Å². The van der Waals surface area contributed by atoms with Gasteiger partial charge in [-0.2, -0.15) is 0 Å². The minimum atomic E-state index is -1.94. The molecule has 0 fully saturated rings. The van der Waals surface area contributed by atoms with Crippen molar-refractivity contribution in [1.29, 1.82) is 0 Å². The van der Waals surface area contributed by atoms with Crippen LogP contribution >= 0.6 is 0 Å². The van der Waals surface area contributed by atoms with E-state index in [4.69, 9.17) is 9.16 Å². The minimum Gasteiger partial charge on any atom is -0.444 e. The van der Waals surface area contributed by atoms with Gasteiger partial charge >= 0.3 is 6.09 Å². The van der Waals surface area contributed by atoms with E-state index < -0.39 is 20.0 Å². The van der Waals surface area contributed by atoms with Crippen LogP contribution in [0.3, 0.4) is 0 Å². The van der Waals surface area contributed by atoms with Gasteiger partial charge in [-0.1, -0.05) is 26.8 Å². The van der Waals surface area contributed by atoms with Gasteiger partial charge in [0, 0.05) is 31.4 Å². The molecule has 2 amide bonds. The lowest BCUT2D eigenvalue weighted by Crippen LogP contribution is -2.40. The van der Waals surface area contributed by atoms with Crippen LogP contribution in [0, 0.1) is 0 Å². The Bertz CT molecular complexity index is 737. The summed E-state index contributed by atoms with van der Waals surface area (Å²) in [7, 11) is -0.127. The van der Waals surface area contributed by atoms with E-state index in [1.807, 2.05) is 25.2 Å². The monoisotopic (exact) mass is 437 g/mol. The lowest BCUT2D eigenvalue weighted by molar-refractivity contribution is 0.0526. The lowest BCUT2D eigenvalue weighted by Gasteiger charge is -2.36. The average molecular weight is 438 g/mol. The molecular formula is C22H39N3O4Si. The van der Waals surface area contributed by atoms with Crippen molar-refractivity contribution >= 4 is 26.0 Å². The number of carbonyl (C=O) groups excluding carboxylic acids is 2. The number of hydrogen-bond acceptors (Lipinski definition) is 5. The number of benzene rings is 1. The standard InChI is InChI=1S/C22H39N3O4Si/c1-21(2,3)29-20(27)25-13-12-24-19(26)18-14-17(23-7)11-10-16(18)15-28-30(8,9)22(4,5)6/h10-11,14,23H,12-13,15H2,1-9H3,(H,24,26)(H,25,27). The number of amides is 2. The second kappa shape index (κ2) is 10.3. The molecule has 0 bridgehead atoms. The summed E-state index contributed by atoms with van der Waals surface area (Å²) in [4.78, 5) is 24.5. The first-order chi connectivity index (χ1) is 13.7. The maximum Gasteiger partial charge on any atom is 0.407 e. The predicted octanol–water partition coefficient (Wildman–Crippen LogP) is 4.50. The summed E-state index contributed by atoms with van der Waals surface area (Å²) in [5, 5.41) is 8.65. The van der Waals surface area contributed by atoms with Crippen LogP contribution in [0.5, 0.6) is 0 Å². The maximum absolute atomic E-state index is 12.8. The van der Waals surface area contributed by atoms with Crippen molar-refractivity contribution in [2.24, 2.45) is 0 Å². The first-order valence-corrected chi connectivity index (χ1v) is 13.3. The summed E-state index contributed by atoms with van der Waals surface area (Å²) in [5.74, 6) is -0.202. The van der Waals surface area contributed by atoms with Crippen LogP contribution in [0.2, 0.25) is 18.1 Å². The Morgan fingerprint density at radius 3 is 2.13 bits per heavy atom. The maximum atomic E-state index is 12.8. The van der Waals surface area contributed by atoms with Gasteiger partial charge in [-0.3, -0.25) is 4.79 Å². The molecule has 8 heteroatoms. The fourth-order valence-electron chi connectivity index (χ4n) is 2.29. The molecule has 1 aromatic carbocycles. The number of anilines is 1. The predicted molar refractivity (Wildman–Crippen MR) is 125 cm³/mol. The third-order valence-electron chi connectivity index (χ3n) is 5.12. The minimum absolute atomic E-state index is 0.0909. The number of carbonyl (C=O) groups is 2. The van der Waals surface area contributed by atoms with Gasteiger partial charge < -0.3 is 25.1 Å². The van der Waals surface area contributed by atoms with Crippen molar-refractivity contribution < 1.29 is 18.8 Å². The Kier molecular flexibility index (Phi) is 8.92. The number of ether oxygens (including phenoxy) is 1. The summed E-state index contributed by atoms with van der Waals surface area (Å²) in [5.41, 5.74) is 1.71. The zero-order chi connectivity index (χ0) is 23.2. The van der Waals surface area contributed by atoms with E-state index in [1.165, 1.54) is 0 Å². The van der Waals surface area contributed by atoms with Crippen LogP contribution in [0.25, 0.3) is 0 Å². The molecule has 0 aromatic heterocycles. The molecular weight excluding hydrogens is 398 g/mol. The molecule has 3 N–H and O–H groups in total. The zero-order valence-corrected chi connectivity index (χ0v) is 21.0. The van der Waals surface area contributed by atoms with Crippen molar-refractivity contribution in [2.75, 3.05) is 25.5 Å². The molecule has 0 radical (unpaired) electrons. The van der Waals surface area contributed by atoms with E-state index >= 15 is 0 Å². The van der Waals surface area contributed by atoms with Gasteiger partial charge in [0.15, 0.2) is 8.32 Å². The summed E-state index contributed by atoms with van der Waals surface area (Å²) in [6.45, 7) is 17.3. The van der Waals surface area contributed by atoms with Crippen LogP contribution in [0.15, 0.2) is 18.2 Å². The fraction of sp³-hybridized carbons (Fsp3) is 0.636. The Morgan fingerprint density at radius 1 is 1.00 bits per heavy atom. The first kappa shape index (κ1) is 26.0. The highest BCUT2D eigenvalue weighted by molar-refractivity contribution is 6.74. The molecule has 0 heterocycles. The smallest absolute Gasteiger partial charge is 0.407 e. The molecule has 0 aliphatic carbocycles. The molecule has 0 aliphatic rings. The van der Waals surface area contributed by atoms with Gasteiger partial charge in [-0.05, 0) is 56.6 Å². The number of rotatable bonds is 8. The molecule has 0 saturated carbocycles. The van der Waals surface area contributed by atoms with Gasteiger partial charge in [0.1, 0.15) is 5.60 Å². The first-order valence-electron chi connectivity index (χ1n) is 10.4. The molecule has 0 spiro atoms. The molecule has 170 valence electrons. The number of alkyl carbamates (subject to hydrolysis) is 1. The highest BCUT2D eigenvalue weighted by Gasteiger charge is 2.37. The van der Waals surface area contributed by atoms with E-state index in [0.717, 1.165) is 11.3 Å². The average Bonchev–Trinajstić information content (AvgIpc) is 2.60. The molecule has 0 atom stereocenters. The van der Waals surface area contributed by atoms with Crippen molar-refractivity contribution in [3.05, 3.63) is 29.3 Å². The molecule has 0 saturated heterocycles. The van der Waals surface area contributed by atoms with Crippen molar-refractivity contribution in [3.63, 3.8) is 0 Å². The van der Waals surface area contributed by atoms with Crippen molar-refractivity contribution in [1.82, 2.24) is 10.6 Å². The van der Waals surface area contributed by atoms with Crippen LogP contribution in [0.4, 0.5) is 10.5 Å². The van der Waals surface area contributed by atoms with E-state index in [-0.39, 0.29) is 17.5 Å². The molecule has 7 nitrogen and oxygen atoms in total. The van der Waals surface area contributed by atoms with Crippen LogP contribution in [-0.4, -0.2) is 46.1 Å². The second-order valence-electron chi connectivity index (χ2n) is 9.86. The van der Waals surface area contributed by atoms with Crippen molar-refractivity contribution in [2.45, 2.75) is 71.9 Å². The summed E-state index contributed by atoms with van der Waals surface area (Å²) in [6, 6.07) is 5.68. The second-order valence-corrected chi connectivity index (χ2v) is 14.7. The summed E-state index contributed by atoms with van der Waals surface area (Å²) >= 11 is 0. The normalized spacial score (nSPS) is 12.3. The Morgan fingerprint density at radius 2 is 1.60 bits per heavy atom. The molecule has 0 unspecified atom stereocenters. The van der Waals surface area contributed by atoms with Crippen LogP contribution in [-0.2, 0) is 15.8 Å². The number of hydrogen-bond donors (Lipinski definition) is 3. The molecule has 30 heavy (non-hydrogen) atoms. The fourth-order valence-corrected chi connectivity index (χ4v) is 3.24. The largest absolute Gasteiger partial charge is 0.444 e. The highest BCUT2D eigenvalue weighted by Crippen LogP contribution is 2.37. The van der Waals surface area contributed by atoms with Gasteiger partial charge in [0.2, 0.25) is 0 Å². The van der Waals surface area contributed by atoms with Gasteiger partial charge in [-0.25, -0.2) is 4.79 Å². The topological polar surface area (TPSA) is 88.7 Å². The zero-order valence-electron chi connectivity index (χ0n) is 20.0. The third-order valence-corrected chi connectivity index (χ3v) is 9.60. The third kappa shape index (κ3) is 8.35. The lowest BCUT2D eigenvalue weighted by atomic mass is 10.1. The van der Waals surface area contributed by atoms with Gasteiger partial charge in [-0.15, -0.1) is 0 Å². The summed E-state index contributed by atoms with van der Waals surface area (Å²) < 4.78 is 11.5. The van der Waals surface area contributed by atoms with E-state index in [2.05, 4.69) is 49.8 Å². The Balaban J connectivity index is 2.76. The van der Waals surface area contributed by atoms with Gasteiger partial charge in [0.25, 0.3) is 5.91 Å². The SMILES string of the molecule is CNc1ccc(CO[Si](C)(C)C(C)(C)C)c(C(=O)NCCNC(=O)OC(C)(C)C)c1. The highest BCUT2D eigenvalue weighted by atomic mass is 28.4. The van der Waals surface area contributed by atoms with E-state index in [9.17, 15) is 9.59 Å². The quantitative estimate of drug-likeness (QED) is 0.411. The Hall–Kier alpha value is -2.06. The molecule has 1 rings (SSSR count). The van der Waals surface area contributed by atoms with Crippen molar-refractivity contribution in [3.8, 4) is 0 Å². The van der Waals surface area contributed by atoms with Crippen LogP contribution < -0.4 is 16.0 Å². The molecule has 0 aliphatic heterocycles.